The van der Waals surface area contributed by atoms with Gasteiger partial charge in [0.1, 0.15) is 5.60 Å². The molecular weight excluding hydrogens is 294 g/mol. The Morgan fingerprint density at radius 1 is 1.30 bits per heavy atom. The monoisotopic (exact) mass is 323 g/mol. The van der Waals surface area contributed by atoms with Gasteiger partial charge in [-0.2, -0.15) is 0 Å². The van der Waals surface area contributed by atoms with Gasteiger partial charge in [-0.05, 0) is 45.2 Å². The van der Waals surface area contributed by atoms with Crippen molar-refractivity contribution in [3.05, 3.63) is 35.4 Å². The molecule has 1 amide bonds. The van der Waals surface area contributed by atoms with Crippen LogP contribution in [0.2, 0.25) is 0 Å². The largest absolute Gasteiger partial charge is 0.444 e. The standard InChI is InChI=1S/C18H29NO4/c1-14(13-22-5)19(17(21)23-18(2,3)4)12-16-8-6-7-15(11-16)9-10-20/h6-8,11,14,20H,9-10,12-13H2,1-5H3/t14-/m0/s1. The maximum atomic E-state index is 12.5. The Balaban J connectivity index is 2.92. The molecule has 130 valence electrons. The van der Waals surface area contributed by atoms with Crippen molar-refractivity contribution in [3.63, 3.8) is 0 Å². The molecule has 1 aromatic carbocycles. The van der Waals surface area contributed by atoms with Crippen molar-refractivity contribution in [2.45, 2.75) is 52.3 Å². The number of amides is 1. The van der Waals surface area contributed by atoms with Crippen molar-refractivity contribution in [3.8, 4) is 0 Å². The van der Waals surface area contributed by atoms with E-state index in [4.69, 9.17) is 14.6 Å². The fourth-order valence-corrected chi connectivity index (χ4v) is 2.26. The van der Waals surface area contributed by atoms with Crippen LogP contribution in [0.4, 0.5) is 4.79 Å². The van der Waals surface area contributed by atoms with Crippen LogP contribution in [0.5, 0.6) is 0 Å². The van der Waals surface area contributed by atoms with E-state index in [1.807, 2.05) is 52.0 Å². The average molecular weight is 323 g/mol. The van der Waals surface area contributed by atoms with E-state index in [1.54, 1.807) is 12.0 Å². The fraction of sp³-hybridized carbons (Fsp3) is 0.611. The normalized spacial score (nSPS) is 12.8. The van der Waals surface area contributed by atoms with Gasteiger partial charge >= 0.3 is 6.09 Å². The smallest absolute Gasteiger partial charge is 0.410 e. The Morgan fingerprint density at radius 2 is 1.96 bits per heavy atom. The summed E-state index contributed by atoms with van der Waals surface area (Å²) < 4.78 is 10.7. The van der Waals surface area contributed by atoms with E-state index in [0.717, 1.165) is 11.1 Å². The molecule has 5 heteroatoms. The van der Waals surface area contributed by atoms with Crippen molar-refractivity contribution in [2.24, 2.45) is 0 Å². The van der Waals surface area contributed by atoms with Gasteiger partial charge in [0.2, 0.25) is 0 Å². The zero-order valence-electron chi connectivity index (χ0n) is 14.8. The van der Waals surface area contributed by atoms with Crippen LogP contribution >= 0.6 is 0 Å². The number of hydrogen-bond acceptors (Lipinski definition) is 4. The Labute approximate surface area is 139 Å². The first kappa shape index (κ1) is 19.5. The van der Waals surface area contributed by atoms with Crippen LogP contribution in [0, 0.1) is 0 Å². The molecule has 23 heavy (non-hydrogen) atoms. The molecule has 1 atom stereocenters. The molecular formula is C18H29NO4. The highest BCUT2D eigenvalue weighted by Gasteiger charge is 2.26. The highest BCUT2D eigenvalue weighted by Crippen LogP contribution is 2.16. The number of methoxy groups -OCH3 is 1. The molecule has 0 saturated carbocycles. The summed E-state index contributed by atoms with van der Waals surface area (Å²) in [5.41, 5.74) is 1.51. The second-order valence-electron chi connectivity index (χ2n) is 6.71. The van der Waals surface area contributed by atoms with Gasteiger partial charge in [0.05, 0.1) is 12.6 Å². The van der Waals surface area contributed by atoms with Crippen LogP contribution in [-0.2, 0) is 22.4 Å². The molecule has 0 aromatic heterocycles. The highest BCUT2D eigenvalue weighted by atomic mass is 16.6. The summed E-state index contributed by atoms with van der Waals surface area (Å²) in [5.74, 6) is 0. The quantitative estimate of drug-likeness (QED) is 0.838. The van der Waals surface area contributed by atoms with Gasteiger partial charge in [-0.25, -0.2) is 4.79 Å². The van der Waals surface area contributed by atoms with Crippen molar-refractivity contribution >= 4 is 6.09 Å². The first-order valence-electron chi connectivity index (χ1n) is 7.94. The molecule has 5 nitrogen and oxygen atoms in total. The molecule has 0 bridgehead atoms. The van der Waals surface area contributed by atoms with Gasteiger partial charge in [-0.1, -0.05) is 24.3 Å². The van der Waals surface area contributed by atoms with Crippen molar-refractivity contribution in [2.75, 3.05) is 20.3 Å². The minimum absolute atomic E-state index is 0.101. The lowest BCUT2D eigenvalue weighted by molar-refractivity contribution is 0.00615. The second-order valence-corrected chi connectivity index (χ2v) is 6.71. The summed E-state index contributed by atoms with van der Waals surface area (Å²) in [6.45, 7) is 8.49. The first-order valence-corrected chi connectivity index (χ1v) is 7.94. The van der Waals surface area contributed by atoms with E-state index in [1.165, 1.54) is 0 Å². The Bertz CT molecular complexity index is 496. The molecule has 0 saturated heterocycles. The summed E-state index contributed by atoms with van der Waals surface area (Å²) in [6.07, 6.45) is 0.253. The van der Waals surface area contributed by atoms with Crippen molar-refractivity contribution in [1.82, 2.24) is 4.90 Å². The van der Waals surface area contributed by atoms with Gasteiger partial charge in [-0.3, -0.25) is 4.90 Å². The lowest BCUT2D eigenvalue weighted by atomic mass is 10.1. The summed E-state index contributed by atoms with van der Waals surface area (Å²) in [4.78, 5) is 14.2. The summed E-state index contributed by atoms with van der Waals surface area (Å²) in [7, 11) is 1.62. The number of aliphatic hydroxyl groups is 1. The zero-order valence-corrected chi connectivity index (χ0v) is 14.8. The fourth-order valence-electron chi connectivity index (χ4n) is 2.26. The van der Waals surface area contributed by atoms with Crippen LogP contribution in [-0.4, -0.2) is 48.1 Å². The number of ether oxygens (including phenoxy) is 2. The SMILES string of the molecule is COC[C@H](C)N(Cc1cccc(CCO)c1)C(=O)OC(C)(C)C. The molecule has 1 N–H and O–H groups in total. The lowest BCUT2D eigenvalue weighted by Crippen LogP contribution is -2.43. The van der Waals surface area contributed by atoms with E-state index in [9.17, 15) is 4.79 Å². The Kier molecular flexibility index (Phi) is 7.52. The second kappa shape index (κ2) is 8.89. The van der Waals surface area contributed by atoms with Gasteiger partial charge in [0, 0.05) is 20.3 Å². The first-order chi connectivity index (χ1) is 10.8. The van der Waals surface area contributed by atoms with Crippen LogP contribution in [0.25, 0.3) is 0 Å². The molecule has 0 fully saturated rings. The minimum Gasteiger partial charge on any atom is -0.444 e. The molecule has 1 aromatic rings. The topological polar surface area (TPSA) is 59.0 Å². The van der Waals surface area contributed by atoms with E-state index in [0.29, 0.717) is 19.6 Å². The van der Waals surface area contributed by atoms with Crippen LogP contribution in [0.3, 0.4) is 0 Å². The van der Waals surface area contributed by atoms with E-state index in [2.05, 4.69) is 0 Å². The lowest BCUT2D eigenvalue weighted by Gasteiger charge is -2.31. The molecule has 0 spiro atoms. The Hall–Kier alpha value is -1.59. The minimum atomic E-state index is -0.541. The number of hydrogen-bond donors (Lipinski definition) is 1. The molecule has 0 aliphatic rings. The highest BCUT2D eigenvalue weighted by molar-refractivity contribution is 5.68. The summed E-state index contributed by atoms with van der Waals surface area (Å²) in [5, 5.41) is 9.07. The molecule has 0 aliphatic carbocycles. The summed E-state index contributed by atoms with van der Waals surface area (Å²) >= 11 is 0. The molecule has 0 radical (unpaired) electrons. The van der Waals surface area contributed by atoms with Gasteiger partial charge in [-0.15, -0.1) is 0 Å². The molecule has 0 aliphatic heterocycles. The van der Waals surface area contributed by atoms with Crippen LogP contribution in [0.15, 0.2) is 24.3 Å². The van der Waals surface area contributed by atoms with Crippen LogP contribution < -0.4 is 0 Å². The van der Waals surface area contributed by atoms with E-state index >= 15 is 0 Å². The maximum Gasteiger partial charge on any atom is 0.410 e. The Morgan fingerprint density at radius 3 is 2.52 bits per heavy atom. The predicted octanol–water partition coefficient (Wildman–Crippen LogP) is 2.99. The number of carbonyl (C=O) groups is 1. The number of benzene rings is 1. The summed E-state index contributed by atoms with van der Waals surface area (Å²) in [6, 6.07) is 7.78. The number of aliphatic hydroxyl groups excluding tert-OH is 1. The van der Waals surface area contributed by atoms with Gasteiger partial charge < -0.3 is 14.6 Å². The van der Waals surface area contributed by atoms with Gasteiger partial charge in [0.25, 0.3) is 0 Å². The number of carbonyl (C=O) groups excluding carboxylic acids is 1. The number of nitrogens with zero attached hydrogens (tertiary/aromatic N) is 1. The third-order valence-corrected chi connectivity index (χ3v) is 3.31. The predicted molar refractivity (Wildman–Crippen MR) is 90.3 cm³/mol. The van der Waals surface area contributed by atoms with E-state index < -0.39 is 5.60 Å². The average Bonchev–Trinajstić information content (AvgIpc) is 2.44. The van der Waals surface area contributed by atoms with E-state index in [-0.39, 0.29) is 18.7 Å². The van der Waals surface area contributed by atoms with Crippen molar-refractivity contribution in [1.29, 1.82) is 0 Å². The molecule has 1 rings (SSSR count). The zero-order chi connectivity index (χ0) is 17.5. The van der Waals surface area contributed by atoms with Crippen LogP contribution in [0.1, 0.15) is 38.8 Å². The van der Waals surface area contributed by atoms with Gasteiger partial charge in [0.15, 0.2) is 0 Å². The number of rotatable bonds is 7. The molecule has 0 unspecified atom stereocenters. The third kappa shape index (κ3) is 7.01. The third-order valence-electron chi connectivity index (χ3n) is 3.31. The van der Waals surface area contributed by atoms with Crippen molar-refractivity contribution < 1.29 is 19.4 Å². The maximum absolute atomic E-state index is 12.5. The molecule has 0 heterocycles.